The van der Waals surface area contributed by atoms with Gasteiger partial charge in [-0.1, -0.05) is 31.0 Å². The first-order chi connectivity index (χ1) is 9.61. The Morgan fingerprint density at radius 1 is 1.25 bits per heavy atom. The molecule has 0 radical (unpaired) electrons. The van der Waals surface area contributed by atoms with Gasteiger partial charge in [0.2, 0.25) is 5.91 Å². The predicted molar refractivity (Wildman–Crippen MR) is 84.3 cm³/mol. The molecule has 1 heterocycles. The van der Waals surface area contributed by atoms with E-state index in [0.717, 1.165) is 24.9 Å². The zero-order valence-electron chi connectivity index (χ0n) is 12.5. The number of hydrogen-bond acceptors (Lipinski definition) is 1. The molecule has 2 nitrogen and oxygen atoms in total. The number of rotatable bonds is 3. The van der Waals surface area contributed by atoms with Crippen LogP contribution in [0.4, 0.5) is 0 Å². The standard InChI is InChI=1S/C17H24ClNO/c1-13-7-8-15(10-14(13)2)11-17(20)19-9-5-3-4-6-16(19)12-18/h7-8,10,16H,3-6,9,11-12H2,1-2H3. The summed E-state index contributed by atoms with van der Waals surface area (Å²) in [6, 6.07) is 6.51. The number of nitrogens with zero attached hydrogens (tertiary/aromatic N) is 1. The Labute approximate surface area is 127 Å². The normalized spacial score (nSPS) is 19.8. The Hall–Kier alpha value is -1.02. The number of likely N-dealkylation sites (tertiary alicyclic amines) is 1. The molecule has 0 aliphatic carbocycles. The van der Waals surface area contributed by atoms with E-state index < -0.39 is 0 Å². The highest BCUT2D eigenvalue weighted by molar-refractivity contribution is 6.18. The molecule has 1 fully saturated rings. The van der Waals surface area contributed by atoms with Crippen LogP contribution in [0.25, 0.3) is 0 Å². The number of halogens is 1. The Morgan fingerprint density at radius 2 is 2.05 bits per heavy atom. The predicted octanol–water partition coefficient (Wildman–Crippen LogP) is 3.86. The van der Waals surface area contributed by atoms with E-state index in [-0.39, 0.29) is 11.9 Å². The number of amides is 1. The van der Waals surface area contributed by atoms with Crippen molar-refractivity contribution in [1.82, 2.24) is 4.90 Å². The van der Waals surface area contributed by atoms with Crippen LogP contribution < -0.4 is 0 Å². The summed E-state index contributed by atoms with van der Waals surface area (Å²) < 4.78 is 0. The lowest BCUT2D eigenvalue weighted by molar-refractivity contribution is -0.132. The molecule has 110 valence electrons. The molecule has 0 spiro atoms. The molecule has 1 saturated heterocycles. The molecule has 1 aromatic rings. The van der Waals surface area contributed by atoms with E-state index in [9.17, 15) is 4.79 Å². The third-order valence-electron chi connectivity index (χ3n) is 4.30. The van der Waals surface area contributed by atoms with Gasteiger partial charge >= 0.3 is 0 Å². The minimum atomic E-state index is 0.221. The Morgan fingerprint density at radius 3 is 2.75 bits per heavy atom. The highest BCUT2D eigenvalue weighted by atomic mass is 35.5. The van der Waals surface area contributed by atoms with Crippen molar-refractivity contribution in [3.8, 4) is 0 Å². The van der Waals surface area contributed by atoms with Crippen molar-refractivity contribution in [3.05, 3.63) is 34.9 Å². The van der Waals surface area contributed by atoms with Gasteiger partial charge in [0.15, 0.2) is 0 Å². The molecule has 0 N–H and O–H groups in total. The minimum absolute atomic E-state index is 0.221. The Balaban J connectivity index is 2.07. The van der Waals surface area contributed by atoms with E-state index in [1.807, 2.05) is 4.90 Å². The zero-order valence-corrected chi connectivity index (χ0v) is 13.2. The molecular formula is C17H24ClNO. The van der Waals surface area contributed by atoms with Crippen LogP contribution in [0.15, 0.2) is 18.2 Å². The van der Waals surface area contributed by atoms with Crippen molar-refractivity contribution in [2.24, 2.45) is 0 Å². The number of aryl methyl sites for hydroxylation is 2. The van der Waals surface area contributed by atoms with Gasteiger partial charge in [-0.3, -0.25) is 4.79 Å². The summed E-state index contributed by atoms with van der Waals surface area (Å²) in [6.07, 6.45) is 5.04. The molecule has 3 heteroatoms. The van der Waals surface area contributed by atoms with Gasteiger partial charge in [-0.05, 0) is 43.4 Å². The lowest BCUT2D eigenvalue weighted by Crippen LogP contribution is -2.41. The lowest BCUT2D eigenvalue weighted by Gasteiger charge is -2.28. The largest absolute Gasteiger partial charge is 0.338 e. The van der Waals surface area contributed by atoms with Crippen LogP contribution in [-0.4, -0.2) is 29.3 Å². The Kier molecular flexibility index (Phi) is 5.47. The molecule has 1 unspecified atom stereocenters. The fourth-order valence-corrected chi connectivity index (χ4v) is 3.18. The molecule has 0 aromatic heterocycles. The van der Waals surface area contributed by atoms with E-state index in [1.165, 1.54) is 24.0 Å². The van der Waals surface area contributed by atoms with E-state index in [1.54, 1.807) is 0 Å². The summed E-state index contributed by atoms with van der Waals surface area (Å²) in [5, 5.41) is 0. The van der Waals surface area contributed by atoms with Crippen LogP contribution in [0.1, 0.15) is 42.4 Å². The topological polar surface area (TPSA) is 20.3 Å². The van der Waals surface area contributed by atoms with E-state index >= 15 is 0 Å². The summed E-state index contributed by atoms with van der Waals surface area (Å²) in [5.74, 6) is 0.777. The van der Waals surface area contributed by atoms with Gasteiger partial charge in [-0.25, -0.2) is 0 Å². The maximum absolute atomic E-state index is 12.6. The Bertz CT molecular complexity index is 472. The third kappa shape index (κ3) is 3.76. The second kappa shape index (κ2) is 7.12. The smallest absolute Gasteiger partial charge is 0.227 e. The average Bonchev–Trinajstić information content (AvgIpc) is 2.68. The van der Waals surface area contributed by atoms with Crippen molar-refractivity contribution in [1.29, 1.82) is 0 Å². The SMILES string of the molecule is Cc1ccc(CC(=O)N2CCCCCC2CCl)cc1C. The van der Waals surface area contributed by atoms with Crippen LogP contribution in [0, 0.1) is 13.8 Å². The summed E-state index contributed by atoms with van der Waals surface area (Å²) in [5.41, 5.74) is 3.63. The van der Waals surface area contributed by atoms with Crippen LogP contribution in [0.3, 0.4) is 0 Å². The number of alkyl halides is 1. The average molecular weight is 294 g/mol. The van der Waals surface area contributed by atoms with Crippen molar-refractivity contribution in [2.45, 2.75) is 52.0 Å². The first-order valence-electron chi connectivity index (χ1n) is 7.53. The number of benzene rings is 1. The summed E-state index contributed by atoms with van der Waals surface area (Å²) in [6.45, 7) is 5.05. The molecule has 1 aliphatic rings. The number of carbonyl (C=O) groups is 1. The monoisotopic (exact) mass is 293 g/mol. The van der Waals surface area contributed by atoms with Crippen molar-refractivity contribution < 1.29 is 4.79 Å². The van der Waals surface area contributed by atoms with Crippen LogP contribution in [0.5, 0.6) is 0 Å². The first kappa shape index (κ1) is 15.4. The molecule has 0 bridgehead atoms. The van der Waals surface area contributed by atoms with E-state index in [4.69, 9.17) is 11.6 Å². The van der Waals surface area contributed by atoms with E-state index in [2.05, 4.69) is 32.0 Å². The number of carbonyl (C=O) groups excluding carboxylic acids is 1. The first-order valence-corrected chi connectivity index (χ1v) is 8.07. The van der Waals surface area contributed by atoms with Gasteiger partial charge in [0.1, 0.15) is 0 Å². The maximum Gasteiger partial charge on any atom is 0.227 e. The van der Waals surface area contributed by atoms with Crippen LogP contribution >= 0.6 is 11.6 Å². The molecule has 2 rings (SSSR count). The second-order valence-corrected chi connectivity index (χ2v) is 6.15. The third-order valence-corrected chi connectivity index (χ3v) is 4.66. The van der Waals surface area contributed by atoms with Gasteiger partial charge in [-0.2, -0.15) is 0 Å². The molecule has 1 atom stereocenters. The van der Waals surface area contributed by atoms with Crippen LogP contribution in [-0.2, 0) is 11.2 Å². The summed E-state index contributed by atoms with van der Waals surface area (Å²) >= 11 is 6.05. The minimum Gasteiger partial charge on any atom is -0.338 e. The van der Waals surface area contributed by atoms with Crippen molar-refractivity contribution in [3.63, 3.8) is 0 Å². The summed E-state index contributed by atoms with van der Waals surface area (Å²) in [4.78, 5) is 14.6. The molecule has 20 heavy (non-hydrogen) atoms. The molecular weight excluding hydrogens is 270 g/mol. The van der Waals surface area contributed by atoms with Gasteiger partial charge < -0.3 is 4.90 Å². The fourth-order valence-electron chi connectivity index (χ4n) is 2.86. The zero-order chi connectivity index (χ0) is 14.5. The highest BCUT2D eigenvalue weighted by Crippen LogP contribution is 2.19. The molecule has 1 aromatic carbocycles. The van der Waals surface area contributed by atoms with Crippen LogP contribution in [0.2, 0.25) is 0 Å². The van der Waals surface area contributed by atoms with E-state index in [0.29, 0.717) is 12.3 Å². The highest BCUT2D eigenvalue weighted by Gasteiger charge is 2.24. The number of hydrogen-bond donors (Lipinski definition) is 0. The molecule has 1 amide bonds. The lowest BCUT2D eigenvalue weighted by atomic mass is 10.0. The quantitative estimate of drug-likeness (QED) is 0.775. The molecule has 0 saturated carbocycles. The van der Waals surface area contributed by atoms with Crippen molar-refractivity contribution >= 4 is 17.5 Å². The maximum atomic E-state index is 12.6. The van der Waals surface area contributed by atoms with Gasteiger partial charge in [0.25, 0.3) is 0 Å². The van der Waals surface area contributed by atoms with Gasteiger partial charge in [0.05, 0.1) is 6.42 Å². The second-order valence-electron chi connectivity index (χ2n) is 5.84. The van der Waals surface area contributed by atoms with Gasteiger partial charge in [-0.15, -0.1) is 11.6 Å². The fraction of sp³-hybridized carbons (Fsp3) is 0.588. The summed E-state index contributed by atoms with van der Waals surface area (Å²) in [7, 11) is 0. The van der Waals surface area contributed by atoms with Crippen molar-refractivity contribution in [2.75, 3.05) is 12.4 Å². The molecule has 1 aliphatic heterocycles. The van der Waals surface area contributed by atoms with Gasteiger partial charge in [0, 0.05) is 18.5 Å².